The third-order valence-corrected chi connectivity index (χ3v) is 9.47. The van der Waals surface area contributed by atoms with E-state index in [0.29, 0.717) is 32.8 Å². The fourth-order valence-electron chi connectivity index (χ4n) is 5.00. The van der Waals surface area contributed by atoms with E-state index in [9.17, 15) is 19.2 Å². The van der Waals surface area contributed by atoms with Gasteiger partial charge in [0.25, 0.3) is 0 Å². The summed E-state index contributed by atoms with van der Waals surface area (Å²) in [5.41, 5.74) is 2.07. The third kappa shape index (κ3) is 4.37. The highest BCUT2D eigenvalue weighted by atomic mass is 32.2. The second-order valence-corrected chi connectivity index (χ2v) is 11.4. The number of furan rings is 1. The molecule has 11 heteroatoms. The number of carbonyl (C=O) groups excluding carboxylic acids is 3. The van der Waals surface area contributed by atoms with Gasteiger partial charge in [-0.15, -0.1) is 0 Å². The number of ether oxygens (including phenoxy) is 1. The number of thioether (sulfide) groups is 1. The van der Waals surface area contributed by atoms with Crippen molar-refractivity contribution in [2.24, 2.45) is 5.92 Å². The Hall–Kier alpha value is -4.09. The first-order valence-electron chi connectivity index (χ1n) is 12.2. The van der Waals surface area contributed by atoms with Gasteiger partial charge in [-0.3, -0.25) is 23.7 Å². The zero-order chi connectivity index (χ0) is 27.3. The zero-order valence-corrected chi connectivity index (χ0v) is 22.6. The number of fused-ring (bicyclic) bond motifs is 2. The summed E-state index contributed by atoms with van der Waals surface area (Å²) < 4.78 is 12.2. The number of nitrogens with one attached hydrogen (secondary N) is 1. The fraction of sp³-hybridized carbons (Fsp3) is 0.214. The number of amides is 3. The minimum absolute atomic E-state index is 0.240. The number of rotatable bonds is 6. The van der Waals surface area contributed by atoms with E-state index < -0.39 is 23.0 Å². The van der Waals surface area contributed by atoms with Crippen molar-refractivity contribution in [1.82, 2.24) is 4.57 Å². The number of nitrogens with zero attached hydrogens (tertiary/aromatic N) is 2. The molecule has 2 aliphatic rings. The largest absolute Gasteiger partial charge is 0.497 e. The van der Waals surface area contributed by atoms with E-state index in [2.05, 4.69) is 5.32 Å². The Balaban J connectivity index is 1.35. The molecule has 3 unspecified atom stereocenters. The summed E-state index contributed by atoms with van der Waals surface area (Å²) in [4.78, 5) is 55.0. The van der Waals surface area contributed by atoms with E-state index in [4.69, 9.17) is 9.15 Å². The number of thiazole rings is 1. The second-order valence-electron chi connectivity index (χ2n) is 9.30. The molecule has 198 valence electrons. The van der Waals surface area contributed by atoms with Crippen molar-refractivity contribution in [2.45, 2.75) is 29.7 Å². The molecule has 0 bridgehead atoms. The van der Waals surface area contributed by atoms with Crippen molar-refractivity contribution in [3.05, 3.63) is 92.8 Å². The standard InChI is InChI=1S/C28H23N3O6S2/c1-15-5-9-17(10-6-15)31-25(33)22-21(19-4-3-13-37-19)24-27(38-23(22)26(31)34)30(28(35)39-24)14-20(32)29-16-7-11-18(36-2)12-8-16/h3-13,21-23H,14H2,1-2H3,(H,29,32). The summed E-state index contributed by atoms with van der Waals surface area (Å²) in [6.07, 6.45) is 1.51. The number of imide groups is 1. The topological polar surface area (TPSA) is 111 Å². The smallest absolute Gasteiger partial charge is 0.308 e. The van der Waals surface area contributed by atoms with E-state index >= 15 is 0 Å². The number of hydrogen-bond acceptors (Lipinski definition) is 8. The SMILES string of the molecule is COc1ccc(NC(=O)Cn2c3c(sc2=O)C(c2ccco2)C2C(=O)N(c4ccc(C)cc4)C(=O)C2S3)cc1. The van der Waals surface area contributed by atoms with Crippen molar-refractivity contribution >= 4 is 52.2 Å². The van der Waals surface area contributed by atoms with E-state index in [1.807, 2.05) is 19.1 Å². The van der Waals surface area contributed by atoms with Gasteiger partial charge in [0, 0.05) is 5.69 Å². The molecular weight excluding hydrogens is 538 g/mol. The van der Waals surface area contributed by atoms with Crippen molar-refractivity contribution < 1.29 is 23.5 Å². The third-order valence-electron chi connectivity index (χ3n) is 6.87. The number of hydrogen-bond donors (Lipinski definition) is 1. The highest BCUT2D eigenvalue weighted by Gasteiger charge is 2.57. The first kappa shape index (κ1) is 25.2. The van der Waals surface area contributed by atoms with E-state index in [-0.39, 0.29) is 23.2 Å². The highest BCUT2D eigenvalue weighted by molar-refractivity contribution is 8.00. The maximum absolute atomic E-state index is 13.8. The van der Waals surface area contributed by atoms with Crippen molar-refractivity contribution in [1.29, 1.82) is 0 Å². The average molecular weight is 562 g/mol. The molecule has 4 heterocycles. The van der Waals surface area contributed by atoms with Crippen LogP contribution in [-0.4, -0.2) is 34.6 Å². The van der Waals surface area contributed by atoms with Crippen molar-refractivity contribution in [3.63, 3.8) is 0 Å². The van der Waals surface area contributed by atoms with Gasteiger partial charge in [0.15, 0.2) is 0 Å². The van der Waals surface area contributed by atoms with Crippen LogP contribution in [0.25, 0.3) is 0 Å². The number of carbonyl (C=O) groups is 3. The van der Waals surface area contributed by atoms with Gasteiger partial charge >= 0.3 is 4.87 Å². The van der Waals surface area contributed by atoms with E-state index in [1.165, 1.54) is 27.5 Å². The Kier molecular flexibility index (Phi) is 6.40. The quantitative estimate of drug-likeness (QED) is 0.350. The lowest BCUT2D eigenvalue weighted by atomic mass is 9.87. The lowest BCUT2D eigenvalue weighted by Crippen LogP contribution is -2.32. The molecule has 2 aromatic heterocycles. The molecular formula is C28H23N3O6S2. The molecule has 9 nitrogen and oxygen atoms in total. The van der Waals surface area contributed by atoms with Gasteiger partial charge in [0.2, 0.25) is 17.7 Å². The van der Waals surface area contributed by atoms with Crippen LogP contribution in [0.4, 0.5) is 11.4 Å². The van der Waals surface area contributed by atoms with E-state index in [0.717, 1.165) is 16.9 Å². The summed E-state index contributed by atoms with van der Waals surface area (Å²) in [6.45, 7) is 1.69. The van der Waals surface area contributed by atoms with E-state index in [1.54, 1.807) is 55.6 Å². The summed E-state index contributed by atoms with van der Waals surface area (Å²) >= 11 is 2.14. The summed E-state index contributed by atoms with van der Waals surface area (Å²) in [5.74, 6) is -1.31. The van der Waals surface area contributed by atoms with Crippen LogP contribution < -0.4 is 19.8 Å². The summed E-state index contributed by atoms with van der Waals surface area (Å²) in [6, 6.07) is 17.5. The van der Waals surface area contributed by atoms with Crippen molar-refractivity contribution in [2.75, 3.05) is 17.3 Å². The van der Waals surface area contributed by atoms with Gasteiger partial charge in [0.1, 0.15) is 23.3 Å². The van der Waals surface area contributed by atoms with Crippen LogP contribution in [0.2, 0.25) is 0 Å². The predicted molar refractivity (Wildman–Crippen MR) is 148 cm³/mol. The maximum atomic E-state index is 13.8. The maximum Gasteiger partial charge on any atom is 0.308 e. The van der Waals surface area contributed by atoms with Crippen LogP contribution in [0.15, 0.2) is 81.2 Å². The molecule has 1 fully saturated rings. The Labute approximate surface area is 231 Å². The monoisotopic (exact) mass is 561 g/mol. The van der Waals surface area contributed by atoms with Crippen LogP contribution in [0.1, 0.15) is 22.1 Å². The van der Waals surface area contributed by atoms with Gasteiger partial charge in [-0.2, -0.15) is 0 Å². The van der Waals surface area contributed by atoms with Gasteiger partial charge in [0.05, 0.1) is 40.8 Å². The Morgan fingerprint density at radius 3 is 2.44 bits per heavy atom. The molecule has 0 radical (unpaired) electrons. The second kappa shape index (κ2) is 9.90. The molecule has 6 rings (SSSR count). The van der Waals surface area contributed by atoms with Gasteiger partial charge in [-0.25, -0.2) is 4.90 Å². The lowest BCUT2D eigenvalue weighted by molar-refractivity contribution is -0.122. The molecule has 1 N–H and O–H groups in total. The molecule has 2 aliphatic heterocycles. The molecule has 2 aromatic carbocycles. The number of aryl methyl sites for hydroxylation is 1. The molecule has 3 atom stereocenters. The normalized spacial score (nSPS) is 20.1. The summed E-state index contributed by atoms with van der Waals surface area (Å²) in [7, 11) is 1.56. The first-order chi connectivity index (χ1) is 18.9. The molecule has 0 saturated carbocycles. The number of anilines is 2. The van der Waals surface area contributed by atoms with Crippen LogP contribution in [-0.2, 0) is 20.9 Å². The van der Waals surface area contributed by atoms with Crippen LogP contribution in [0, 0.1) is 12.8 Å². The van der Waals surface area contributed by atoms with Crippen molar-refractivity contribution in [3.8, 4) is 5.75 Å². The van der Waals surface area contributed by atoms with Gasteiger partial charge in [-0.05, 0) is 55.5 Å². The van der Waals surface area contributed by atoms with Crippen LogP contribution >= 0.6 is 23.1 Å². The summed E-state index contributed by atoms with van der Waals surface area (Å²) in [5, 5.41) is 2.53. The fourth-order valence-corrected chi connectivity index (χ4v) is 7.75. The Morgan fingerprint density at radius 1 is 1.03 bits per heavy atom. The molecule has 4 aromatic rings. The zero-order valence-electron chi connectivity index (χ0n) is 21.0. The van der Waals surface area contributed by atoms with Crippen LogP contribution in [0.5, 0.6) is 5.75 Å². The molecule has 39 heavy (non-hydrogen) atoms. The van der Waals surface area contributed by atoms with Gasteiger partial charge in [-0.1, -0.05) is 40.8 Å². The minimum Gasteiger partial charge on any atom is -0.497 e. The number of methoxy groups -OCH3 is 1. The van der Waals surface area contributed by atoms with Crippen LogP contribution in [0.3, 0.4) is 0 Å². The predicted octanol–water partition coefficient (Wildman–Crippen LogP) is 4.25. The lowest BCUT2D eigenvalue weighted by Gasteiger charge is -2.29. The molecule has 1 saturated heterocycles. The first-order valence-corrected chi connectivity index (χ1v) is 13.9. The molecule has 0 spiro atoms. The highest BCUT2D eigenvalue weighted by Crippen LogP contribution is 2.53. The average Bonchev–Trinajstić information content (AvgIpc) is 3.63. The Bertz CT molecular complexity index is 1620. The number of benzene rings is 2. The number of aromatic nitrogens is 1. The Morgan fingerprint density at radius 2 is 1.77 bits per heavy atom. The van der Waals surface area contributed by atoms with Gasteiger partial charge < -0.3 is 14.5 Å². The molecule has 3 amide bonds. The molecule has 0 aliphatic carbocycles. The minimum atomic E-state index is -0.772.